The van der Waals surface area contributed by atoms with Gasteiger partial charge >= 0.3 is 5.63 Å². The van der Waals surface area contributed by atoms with Crippen molar-refractivity contribution in [1.29, 1.82) is 0 Å². The second-order valence-corrected chi connectivity index (χ2v) is 7.76. The number of aromatic nitrogens is 1. The van der Waals surface area contributed by atoms with Crippen LogP contribution in [0.1, 0.15) is 17.0 Å². The van der Waals surface area contributed by atoms with Crippen LogP contribution in [0.25, 0.3) is 32.1 Å². The molecule has 3 aromatic carbocycles. The zero-order chi connectivity index (χ0) is 19.1. The van der Waals surface area contributed by atoms with Gasteiger partial charge in [-0.1, -0.05) is 72.3 Å². The number of thiophene rings is 1. The molecule has 3 nitrogen and oxygen atoms in total. The van der Waals surface area contributed by atoms with Gasteiger partial charge in [-0.25, -0.2) is 9.78 Å². The molecule has 0 atom stereocenters. The van der Waals surface area contributed by atoms with E-state index in [9.17, 15) is 4.79 Å². The molecule has 5 aromatic rings. The van der Waals surface area contributed by atoms with Crippen LogP contribution in [0.15, 0.2) is 81.3 Å². The molecule has 2 heterocycles. The third-order valence-corrected chi connectivity index (χ3v) is 5.87. The van der Waals surface area contributed by atoms with E-state index in [1.807, 2.05) is 54.8 Å². The van der Waals surface area contributed by atoms with Crippen molar-refractivity contribution in [3.63, 3.8) is 0 Å². The van der Waals surface area contributed by atoms with Crippen LogP contribution in [0.3, 0.4) is 0 Å². The second kappa shape index (κ2) is 6.73. The number of hydrogen-bond donors (Lipinski definition) is 0. The third kappa shape index (κ3) is 2.92. The topological polar surface area (TPSA) is 43.1 Å². The average molecular weight is 383 g/mol. The van der Waals surface area contributed by atoms with Gasteiger partial charge in [-0.05, 0) is 28.8 Å². The molecule has 136 valence electrons. The molecule has 0 fully saturated rings. The van der Waals surface area contributed by atoms with Crippen molar-refractivity contribution in [3.8, 4) is 11.1 Å². The highest BCUT2D eigenvalue weighted by molar-refractivity contribution is 7.17. The summed E-state index contributed by atoms with van der Waals surface area (Å²) < 4.78 is 5.63. The molecule has 0 aliphatic rings. The summed E-state index contributed by atoms with van der Waals surface area (Å²) in [4.78, 5) is 18.2. The van der Waals surface area contributed by atoms with Gasteiger partial charge in [0.2, 0.25) is 5.89 Å². The lowest BCUT2D eigenvalue weighted by Crippen LogP contribution is -2.05. The lowest BCUT2D eigenvalue weighted by Gasteiger charge is -2.06. The Labute approximate surface area is 165 Å². The van der Waals surface area contributed by atoms with Crippen LogP contribution >= 0.6 is 11.3 Å². The summed E-state index contributed by atoms with van der Waals surface area (Å²) in [7, 11) is 0. The Morgan fingerprint density at radius 3 is 2.61 bits per heavy atom. The van der Waals surface area contributed by atoms with Gasteiger partial charge in [0.1, 0.15) is 10.2 Å². The summed E-state index contributed by atoms with van der Waals surface area (Å²) >= 11 is 1.48. The molecule has 5 rings (SSSR count). The standard InChI is InChI=1S/C24H17NO2S/c1-15-9-11-17(12-10-15)20-14-28-23-22(20)24(26)27-21(25-23)13-18-7-4-6-16-5-2-3-8-19(16)18/h2-12,14H,13H2,1H3. The van der Waals surface area contributed by atoms with Gasteiger partial charge < -0.3 is 4.42 Å². The molecule has 0 aliphatic carbocycles. The fourth-order valence-electron chi connectivity index (χ4n) is 3.55. The number of rotatable bonds is 3. The van der Waals surface area contributed by atoms with Crippen molar-refractivity contribution in [2.45, 2.75) is 13.3 Å². The van der Waals surface area contributed by atoms with Crippen molar-refractivity contribution < 1.29 is 4.42 Å². The molecule has 0 spiro atoms. The number of aryl methyl sites for hydroxylation is 1. The van der Waals surface area contributed by atoms with Crippen LogP contribution in [0.2, 0.25) is 0 Å². The Balaban J connectivity index is 1.59. The minimum atomic E-state index is -0.322. The van der Waals surface area contributed by atoms with E-state index in [0.29, 0.717) is 17.7 Å². The zero-order valence-corrected chi connectivity index (χ0v) is 16.1. The molecule has 0 saturated carbocycles. The summed E-state index contributed by atoms with van der Waals surface area (Å²) in [6.45, 7) is 2.05. The van der Waals surface area contributed by atoms with E-state index < -0.39 is 0 Å². The highest BCUT2D eigenvalue weighted by Crippen LogP contribution is 2.31. The summed E-state index contributed by atoms with van der Waals surface area (Å²) in [6, 6.07) is 22.5. The highest BCUT2D eigenvalue weighted by atomic mass is 32.1. The van der Waals surface area contributed by atoms with E-state index in [2.05, 4.69) is 29.2 Å². The van der Waals surface area contributed by atoms with Gasteiger partial charge in [-0.2, -0.15) is 0 Å². The molecular weight excluding hydrogens is 366 g/mol. The molecular formula is C24H17NO2S. The van der Waals surface area contributed by atoms with Gasteiger partial charge in [-0.3, -0.25) is 0 Å². The number of fused-ring (bicyclic) bond motifs is 2. The van der Waals surface area contributed by atoms with Crippen LogP contribution in [0.5, 0.6) is 0 Å². The molecule has 0 N–H and O–H groups in total. The van der Waals surface area contributed by atoms with Crippen LogP contribution in [0.4, 0.5) is 0 Å². The maximum atomic E-state index is 12.8. The third-order valence-electron chi connectivity index (χ3n) is 5.00. The van der Waals surface area contributed by atoms with Crippen LogP contribution in [-0.2, 0) is 6.42 Å². The molecule has 2 aromatic heterocycles. The maximum Gasteiger partial charge on any atom is 0.348 e. The van der Waals surface area contributed by atoms with E-state index in [0.717, 1.165) is 26.9 Å². The fraction of sp³-hybridized carbons (Fsp3) is 0.0833. The smallest absolute Gasteiger partial charge is 0.348 e. The van der Waals surface area contributed by atoms with Crippen molar-refractivity contribution in [3.05, 3.63) is 99.5 Å². The zero-order valence-electron chi connectivity index (χ0n) is 15.3. The van der Waals surface area contributed by atoms with Crippen LogP contribution < -0.4 is 5.63 Å². The molecule has 4 heteroatoms. The Bertz CT molecular complexity index is 1360. The number of nitrogens with zero attached hydrogens (tertiary/aromatic N) is 1. The maximum absolute atomic E-state index is 12.8. The fourth-order valence-corrected chi connectivity index (χ4v) is 4.50. The normalized spacial score (nSPS) is 11.3. The van der Waals surface area contributed by atoms with E-state index in [1.54, 1.807) is 0 Å². The van der Waals surface area contributed by atoms with E-state index >= 15 is 0 Å². The van der Waals surface area contributed by atoms with Crippen molar-refractivity contribution in [1.82, 2.24) is 4.98 Å². The highest BCUT2D eigenvalue weighted by Gasteiger charge is 2.15. The molecule has 0 radical (unpaired) electrons. The predicted octanol–water partition coefficient (Wildman–Crippen LogP) is 5.97. The SMILES string of the molecule is Cc1ccc(-c2csc3nc(Cc4cccc5ccccc45)oc(=O)c23)cc1. The Morgan fingerprint density at radius 1 is 0.964 bits per heavy atom. The Kier molecular flexibility index (Phi) is 4.06. The van der Waals surface area contributed by atoms with Gasteiger partial charge in [-0.15, -0.1) is 11.3 Å². The predicted molar refractivity (Wildman–Crippen MR) is 115 cm³/mol. The van der Waals surface area contributed by atoms with Crippen molar-refractivity contribution >= 4 is 32.3 Å². The van der Waals surface area contributed by atoms with Crippen molar-refractivity contribution in [2.24, 2.45) is 0 Å². The minimum Gasteiger partial charge on any atom is -0.407 e. The average Bonchev–Trinajstić information content (AvgIpc) is 3.13. The lowest BCUT2D eigenvalue weighted by molar-refractivity contribution is 0.455. The van der Waals surface area contributed by atoms with Crippen LogP contribution in [0, 0.1) is 6.92 Å². The van der Waals surface area contributed by atoms with Gasteiger partial charge in [0.05, 0.1) is 6.42 Å². The molecule has 0 saturated heterocycles. The molecule has 0 aliphatic heterocycles. The van der Waals surface area contributed by atoms with E-state index in [-0.39, 0.29) is 5.63 Å². The summed E-state index contributed by atoms with van der Waals surface area (Å²) in [5, 5.41) is 4.87. The van der Waals surface area contributed by atoms with Crippen molar-refractivity contribution in [2.75, 3.05) is 0 Å². The lowest BCUT2D eigenvalue weighted by atomic mass is 10.0. The number of benzene rings is 3. The van der Waals surface area contributed by atoms with Gasteiger partial charge in [0.25, 0.3) is 0 Å². The molecule has 0 bridgehead atoms. The summed E-state index contributed by atoms with van der Waals surface area (Å²) in [5.41, 5.74) is 3.86. The van der Waals surface area contributed by atoms with Gasteiger partial charge in [0.15, 0.2) is 0 Å². The molecule has 28 heavy (non-hydrogen) atoms. The molecule has 0 amide bonds. The first-order valence-electron chi connectivity index (χ1n) is 9.14. The van der Waals surface area contributed by atoms with Gasteiger partial charge in [0, 0.05) is 10.9 Å². The minimum absolute atomic E-state index is 0.322. The first-order chi connectivity index (χ1) is 13.7. The summed E-state index contributed by atoms with van der Waals surface area (Å²) in [6.07, 6.45) is 0.490. The largest absolute Gasteiger partial charge is 0.407 e. The quantitative estimate of drug-likeness (QED) is 0.385. The first kappa shape index (κ1) is 16.9. The molecule has 0 unspecified atom stereocenters. The van der Waals surface area contributed by atoms with E-state index in [4.69, 9.17) is 4.42 Å². The second-order valence-electron chi connectivity index (χ2n) is 6.91. The van der Waals surface area contributed by atoms with Crippen LogP contribution in [-0.4, -0.2) is 4.98 Å². The van der Waals surface area contributed by atoms with E-state index in [1.165, 1.54) is 22.3 Å². The Hall–Kier alpha value is -3.24. The summed E-state index contributed by atoms with van der Waals surface area (Å²) in [5.74, 6) is 0.450. The first-order valence-corrected chi connectivity index (χ1v) is 10.0. The monoisotopic (exact) mass is 383 g/mol. The number of hydrogen-bond acceptors (Lipinski definition) is 4. The Morgan fingerprint density at radius 2 is 1.75 bits per heavy atom.